The molecule has 1 aliphatic rings. The summed E-state index contributed by atoms with van der Waals surface area (Å²) in [6, 6.07) is 13.6. The van der Waals surface area contributed by atoms with Crippen molar-refractivity contribution in [1.82, 2.24) is 4.90 Å². The second-order valence-electron chi connectivity index (χ2n) is 6.20. The van der Waals surface area contributed by atoms with E-state index in [0.717, 1.165) is 11.3 Å². The van der Waals surface area contributed by atoms with E-state index in [1.54, 1.807) is 52.3 Å². The van der Waals surface area contributed by atoms with Gasteiger partial charge in [-0.15, -0.1) is 0 Å². The number of carbonyl (C=O) groups is 2. The molecule has 25 heavy (non-hydrogen) atoms. The third-order valence-electron chi connectivity index (χ3n) is 4.29. The van der Waals surface area contributed by atoms with Gasteiger partial charge in [-0.3, -0.25) is 9.59 Å². The molecule has 6 heteroatoms. The SMILES string of the molecule is C[C@@H]1CN(c2cccc(Cl)c2)C(=O)CN1C(=O)Cc1cccc(O)c1. The fourth-order valence-corrected chi connectivity index (χ4v) is 3.21. The summed E-state index contributed by atoms with van der Waals surface area (Å²) in [5.74, 6) is -0.137. The fraction of sp³-hybridized carbons (Fsp3) is 0.263. The molecule has 1 heterocycles. The molecule has 0 saturated carbocycles. The van der Waals surface area contributed by atoms with Crippen molar-refractivity contribution in [2.75, 3.05) is 18.0 Å². The number of phenols is 1. The highest BCUT2D eigenvalue weighted by atomic mass is 35.5. The minimum absolute atomic E-state index is 0.0331. The van der Waals surface area contributed by atoms with Gasteiger partial charge in [0.25, 0.3) is 0 Å². The quantitative estimate of drug-likeness (QED) is 0.917. The molecule has 5 nitrogen and oxygen atoms in total. The number of piperazine rings is 1. The summed E-state index contributed by atoms with van der Waals surface area (Å²) >= 11 is 6.01. The van der Waals surface area contributed by atoms with Gasteiger partial charge in [0, 0.05) is 23.3 Å². The summed E-state index contributed by atoms with van der Waals surface area (Å²) in [6.45, 7) is 2.38. The van der Waals surface area contributed by atoms with Crippen LogP contribution in [0.3, 0.4) is 0 Å². The lowest BCUT2D eigenvalue weighted by Crippen LogP contribution is -2.57. The van der Waals surface area contributed by atoms with E-state index in [4.69, 9.17) is 11.6 Å². The van der Waals surface area contributed by atoms with Crippen LogP contribution in [0, 0.1) is 0 Å². The van der Waals surface area contributed by atoms with Crippen LogP contribution in [0.4, 0.5) is 5.69 Å². The first-order valence-corrected chi connectivity index (χ1v) is 8.45. The predicted molar refractivity (Wildman–Crippen MR) is 96.8 cm³/mol. The zero-order valence-corrected chi connectivity index (χ0v) is 14.6. The maximum absolute atomic E-state index is 12.6. The molecule has 0 aliphatic carbocycles. The molecule has 3 rings (SSSR count). The molecular formula is C19H19ClN2O3. The third kappa shape index (κ3) is 3.94. The Labute approximate surface area is 151 Å². The molecule has 1 fully saturated rings. The number of halogens is 1. The zero-order valence-electron chi connectivity index (χ0n) is 13.9. The maximum Gasteiger partial charge on any atom is 0.246 e. The lowest BCUT2D eigenvalue weighted by molar-refractivity contribution is -0.138. The van der Waals surface area contributed by atoms with Crippen molar-refractivity contribution in [3.8, 4) is 5.75 Å². The van der Waals surface area contributed by atoms with Gasteiger partial charge in [0.1, 0.15) is 12.3 Å². The molecule has 1 atom stereocenters. The Morgan fingerprint density at radius 2 is 2.00 bits per heavy atom. The molecular weight excluding hydrogens is 340 g/mol. The summed E-state index contributed by atoms with van der Waals surface area (Å²) < 4.78 is 0. The maximum atomic E-state index is 12.6. The van der Waals surface area contributed by atoms with Crippen LogP contribution in [0.2, 0.25) is 5.02 Å². The Morgan fingerprint density at radius 3 is 2.72 bits per heavy atom. The number of nitrogens with zero attached hydrogens (tertiary/aromatic N) is 2. The number of phenolic OH excluding ortho intramolecular Hbond substituents is 1. The van der Waals surface area contributed by atoms with E-state index >= 15 is 0 Å². The molecule has 0 radical (unpaired) electrons. The first-order chi connectivity index (χ1) is 11.9. The number of amides is 2. The zero-order chi connectivity index (χ0) is 18.0. The largest absolute Gasteiger partial charge is 0.508 e. The van der Waals surface area contributed by atoms with E-state index in [-0.39, 0.29) is 36.6 Å². The van der Waals surface area contributed by atoms with E-state index in [0.29, 0.717) is 11.6 Å². The molecule has 1 saturated heterocycles. The van der Waals surface area contributed by atoms with Crippen molar-refractivity contribution in [1.29, 1.82) is 0 Å². The average molecular weight is 359 g/mol. The topological polar surface area (TPSA) is 60.9 Å². The smallest absolute Gasteiger partial charge is 0.246 e. The summed E-state index contributed by atoms with van der Waals surface area (Å²) in [6.07, 6.45) is 0.156. The van der Waals surface area contributed by atoms with Gasteiger partial charge in [0.2, 0.25) is 11.8 Å². The van der Waals surface area contributed by atoms with Crippen LogP contribution in [0.1, 0.15) is 12.5 Å². The Morgan fingerprint density at radius 1 is 1.24 bits per heavy atom. The lowest BCUT2D eigenvalue weighted by Gasteiger charge is -2.39. The molecule has 0 unspecified atom stereocenters. The normalized spacial score (nSPS) is 17.7. The van der Waals surface area contributed by atoms with E-state index in [2.05, 4.69) is 0 Å². The highest BCUT2D eigenvalue weighted by Gasteiger charge is 2.33. The molecule has 1 N–H and O–H groups in total. The Kier molecular flexibility index (Phi) is 4.95. The molecule has 0 bridgehead atoms. The minimum Gasteiger partial charge on any atom is -0.508 e. The van der Waals surface area contributed by atoms with Crippen molar-refractivity contribution >= 4 is 29.1 Å². The van der Waals surface area contributed by atoms with E-state index in [1.165, 1.54) is 0 Å². The molecule has 2 aromatic rings. The van der Waals surface area contributed by atoms with Crippen LogP contribution in [0.5, 0.6) is 5.75 Å². The summed E-state index contributed by atoms with van der Waals surface area (Å²) in [5, 5.41) is 10.1. The monoisotopic (exact) mass is 358 g/mol. The number of carbonyl (C=O) groups excluding carboxylic acids is 2. The minimum atomic E-state index is -0.135. The van der Waals surface area contributed by atoms with Crippen LogP contribution >= 0.6 is 11.6 Å². The second-order valence-corrected chi connectivity index (χ2v) is 6.64. The highest BCUT2D eigenvalue weighted by Crippen LogP contribution is 2.24. The molecule has 2 aromatic carbocycles. The van der Waals surface area contributed by atoms with Crippen molar-refractivity contribution < 1.29 is 14.7 Å². The van der Waals surface area contributed by atoms with Crippen molar-refractivity contribution in [3.05, 3.63) is 59.1 Å². The number of benzene rings is 2. The fourth-order valence-electron chi connectivity index (χ4n) is 3.02. The van der Waals surface area contributed by atoms with Crippen molar-refractivity contribution in [3.63, 3.8) is 0 Å². The number of aromatic hydroxyl groups is 1. The van der Waals surface area contributed by atoms with Crippen molar-refractivity contribution in [2.24, 2.45) is 0 Å². The summed E-state index contributed by atoms with van der Waals surface area (Å²) in [7, 11) is 0. The first-order valence-electron chi connectivity index (χ1n) is 8.07. The van der Waals surface area contributed by atoms with Gasteiger partial charge in [0.15, 0.2) is 0 Å². The Hall–Kier alpha value is -2.53. The van der Waals surface area contributed by atoms with Gasteiger partial charge < -0.3 is 14.9 Å². The van der Waals surface area contributed by atoms with E-state index in [9.17, 15) is 14.7 Å². The average Bonchev–Trinajstić information content (AvgIpc) is 2.56. The van der Waals surface area contributed by atoms with Crippen LogP contribution in [0.25, 0.3) is 0 Å². The first kappa shape index (κ1) is 17.3. The standard InChI is InChI=1S/C19H19ClN2O3/c1-13-11-22(16-6-3-5-15(20)10-16)19(25)12-21(13)18(24)9-14-4-2-7-17(23)8-14/h2-8,10,13,23H,9,11-12H2,1H3/t13-/m1/s1. The number of hydrogen-bond acceptors (Lipinski definition) is 3. The summed E-state index contributed by atoms with van der Waals surface area (Å²) in [4.78, 5) is 28.4. The van der Waals surface area contributed by atoms with Crippen LogP contribution in [0.15, 0.2) is 48.5 Å². The lowest BCUT2D eigenvalue weighted by atomic mass is 10.1. The predicted octanol–water partition coefficient (Wildman–Crippen LogP) is 2.85. The molecule has 2 amide bonds. The van der Waals surface area contributed by atoms with Crippen LogP contribution < -0.4 is 4.90 Å². The van der Waals surface area contributed by atoms with Crippen molar-refractivity contribution in [2.45, 2.75) is 19.4 Å². The van der Waals surface area contributed by atoms with Gasteiger partial charge in [-0.25, -0.2) is 0 Å². The van der Waals surface area contributed by atoms with Crippen LogP contribution in [-0.4, -0.2) is 41.0 Å². The molecule has 0 aromatic heterocycles. The van der Waals surface area contributed by atoms with E-state index in [1.807, 2.05) is 13.0 Å². The third-order valence-corrected chi connectivity index (χ3v) is 4.53. The van der Waals surface area contributed by atoms with E-state index < -0.39 is 0 Å². The van der Waals surface area contributed by atoms with Gasteiger partial charge in [-0.2, -0.15) is 0 Å². The van der Waals surface area contributed by atoms with Gasteiger partial charge >= 0.3 is 0 Å². The number of anilines is 1. The number of rotatable bonds is 3. The summed E-state index contributed by atoms with van der Waals surface area (Å²) in [5.41, 5.74) is 1.46. The molecule has 0 spiro atoms. The van der Waals surface area contributed by atoms with Crippen LogP contribution in [-0.2, 0) is 16.0 Å². The van der Waals surface area contributed by atoms with Gasteiger partial charge in [-0.05, 0) is 42.8 Å². The highest BCUT2D eigenvalue weighted by molar-refractivity contribution is 6.30. The van der Waals surface area contributed by atoms with Gasteiger partial charge in [0.05, 0.1) is 6.42 Å². The Balaban J connectivity index is 1.71. The molecule has 1 aliphatic heterocycles. The number of hydrogen-bond donors (Lipinski definition) is 1. The van der Waals surface area contributed by atoms with Gasteiger partial charge in [-0.1, -0.05) is 29.8 Å². The Bertz CT molecular complexity index is 809. The second kappa shape index (κ2) is 7.15. The molecule has 130 valence electrons.